The van der Waals surface area contributed by atoms with Crippen LogP contribution in [0.25, 0.3) is 0 Å². The fourth-order valence-electron chi connectivity index (χ4n) is 1.58. The first kappa shape index (κ1) is 11.9. The number of nitrogens with zero attached hydrogens (tertiary/aromatic N) is 2. The molecule has 1 atom stereocenters. The summed E-state index contributed by atoms with van der Waals surface area (Å²) in [6.07, 6.45) is 2.05. The van der Waals surface area contributed by atoms with E-state index in [2.05, 4.69) is 16.4 Å². The smallest absolute Gasteiger partial charge is 0.181 e. The van der Waals surface area contributed by atoms with Crippen LogP contribution in [-0.4, -0.2) is 17.1 Å². The van der Waals surface area contributed by atoms with Gasteiger partial charge in [-0.25, -0.2) is 0 Å². The molecule has 17 heavy (non-hydrogen) atoms. The highest BCUT2D eigenvalue weighted by atomic mass is 16.5. The molecule has 0 aromatic carbocycles. The van der Waals surface area contributed by atoms with Crippen LogP contribution in [0.4, 0.5) is 0 Å². The maximum atomic E-state index is 8.76. The summed E-state index contributed by atoms with van der Waals surface area (Å²) in [4.78, 5) is 4.46. The highest BCUT2D eigenvalue weighted by Gasteiger charge is 2.21. The molecule has 1 aromatic rings. The summed E-state index contributed by atoms with van der Waals surface area (Å²) in [5.41, 5.74) is 1.86. The van der Waals surface area contributed by atoms with Gasteiger partial charge in [0, 0.05) is 18.3 Å². The Morgan fingerprint density at radius 1 is 1.59 bits per heavy atom. The van der Waals surface area contributed by atoms with Crippen molar-refractivity contribution in [1.29, 1.82) is 5.26 Å². The lowest BCUT2D eigenvalue weighted by molar-refractivity contribution is 0.271. The Morgan fingerprint density at radius 3 is 3.00 bits per heavy atom. The second-order valence-electron chi connectivity index (χ2n) is 4.44. The normalized spacial score (nSPS) is 16.3. The first-order valence-electron chi connectivity index (χ1n) is 5.95. The summed E-state index contributed by atoms with van der Waals surface area (Å²) >= 11 is 0. The van der Waals surface area contributed by atoms with Crippen LogP contribution in [-0.2, 0) is 6.54 Å². The zero-order valence-electron chi connectivity index (χ0n) is 10.2. The topological polar surface area (TPSA) is 57.9 Å². The predicted octanol–water partition coefficient (Wildman–Crippen LogP) is 1.93. The number of hydrogen-bond acceptors (Lipinski definition) is 4. The van der Waals surface area contributed by atoms with Crippen LogP contribution in [0.2, 0.25) is 0 Å². The minimum absolute atomic E-state index is 0.445. The molecule has 2 rings (SSSR count). The minimum atomic E-state index is -0.445. The van der Waals surface area contributed by atoms with E-state index in [1.807, 2.05) is 19.1 Å². The summed E-state index contributed by atoms with van der Waals surface area (Å²) in [7, 11) is 0. The van der Waals surface area contributed by atoms with E-state index in [4.69, 9.17) is 10.00 Å². The van der Waals surface area contributed by atoms with Crippen molar-refractivity contribution >= 4 is 0 Å². The Balaban J connectivity index is 2.08. The molecule has 4 heteroatoms. The molecule has 0 bridgehead atoms. The summed E-state index contributed by atoms with van der Waals surface area (Å²) < 4.78 is 5.54. The molecule has 4 nitrogen and oxygen atoms in total. The third-order valence-corrected chi connectivity index (χ3v) is 2.69. The van der Waals surface area contributed by atoms with Crippen molar-refractivity contribution in [1.82, 2.24) is 10.3 Å². The molecule has 90 valence electrons. The number of hydrogen-bond donors (Lipinski definition) is 1. The van der Waals surface area contributed by atoms with Gasteiger partial charge in [-0.15, -0.1) is 0 Å². The van der Waals surface area contributed by atoms with Gasteiger partial charge in [-0.3, -0.25) is 4.98 Å². The van der Waals surface area contributed by atoms with Gasteiger partial charge in [0.2, 0.25) is 0 Å². The number of rotatable bonds is 5. The quantitative estimate of drug-likeness (QED) is 0.841. The van der Waals surface area contributed by atoms with Crippen LogP contribution >= 0.6 is 0 Å². The minimum Gasteiger partial charge on any atom is -0.474 e. The lowest BCUT2D eigenvalue weighted by atomic mass is 10.2. The van der Waals surface area contributed by atoms with Gasteiger partial charge in [-0.1, -0.05) is 0 Å². The van der Waals surface area contributed by atoms with Gasteiger partial charge >= 0.3 is 0 Å². The molecule has 0 saturated heterocycles. The molecule has 1 fully saturated rings. The monoisotopic (exact) mass is 231 g/mol. The van der Waals surface area contributed by atoms with E-state index < -0.39 is 6.10 Å². The largest absolute Gasteiger partial charge is 0.474 e. The summed E-state index contributed by atoms with van der Waals surface area (Å²) in [6, 6.07) is 6.49. The first-order chi connectivity index (χ1) is 8.19. The van der Waals surface area contributed by atoms with Crippen molar-refractivity contribution in [2.45, 2.75) is 45.4 Å². The number of pyridine rings is 1. The molecule has 0 aliphatic heterocycles. The van der Waals surface area contributed by atoms with E-state index in [9.17, 15) is 0 Å². The first-order valence-corrected chi connectivity index (χ1v) is 5.95. The van der Waals surface area contributed by atoms with E-state index in [0.29, 0.717) is 18.3 Å². The van der Waals surface area contributed by atoms with Crippen LogP contribution in [0.1, 0.15) is 31.2 Å². The van der Waals surface area contributed by atoms with Crippen molar-refractivity contribution in [2.75, 3.05) is 0 Å². The molecule has 0 spiro atoms. The zero-order chi connectivity index (χ0) is 12.3. The van der Waals surface area contributed by atoms with Gasteiger partial charge in [-0.2, -0.15) is 5.26 Å². The Hall–Kier alpha value is -1.60. The fourth-order valence-corrected chi connectivity index (χ4v) is 1.58. The standard InChI is InChI=1S/C13H17N3O/c1-9-3-6-13(17-10(2)7-14)12(16-9)8-15-11-4-5-11/h3,6,10-11,15H,4-5,8H2,1-2H3. The van der Waals surface area contributed by atoms with Crippen LogP contribution in [0, 0.1) is 18.3 Å². The molecule has 1 aliphatic carbocycles. The zero-order valence-corrected chi connectivity index (χ0v) is 10.2. The highest BCUT2D eigenvalue weighted by molar-refractivity contribution is 5.30. The molecule has 0 amide bonds. The molecule has 1 unspecified atom stereocenters. The van der Waals surface area contributed by atoms with Crippen LogP contribution in [0.15, 0.2) is 12.1 Å². The summed E-state index contributed by atoms with van der Waals surface area (Å²) in [6.45, 7) is 4.40. The van der Waals surface area contributed by atoms with E-state index in [1.54, 1.807) is 6.92 Å². The SMILES string of the molecule is Cc1ccc(OC(C)C#N)c(CNC2CC2)n1. The fraction of sp³-hybridized carbons (Fsp3) is 0.538. The van der Waals surface area contributed by atoms with E-state index in [1.165, 1.54) is 12.8 Å². The Bertz CT molecular complexity index is 435. The van der Waals surface area contributed by atoms with E-state index in [0.717, 1.165) is 11.4 Å². The van der Waals surface area contributed by atoms with Gasteiger partial charge in [0.1, 0.15) is 11.8 Å². The van der Waals surface area contributed by atoms with Gasteiger partial charge in [-0.05, 0) is 38.8 Å². The molecule has 1 aliphatic rings. The van der Waals surface area contributed by atoms with Crippen molar-refractivity contribution in [3.63, 3.8) is 0 Å². The van der Waals surface area contributed by atoms with Crippen molar-refractivity contribution in [3.05, 3.63) is 23.5 Å². The van der Waals surface area contributed by atoms with Crippen LogP contribution in [0.5, 0.6) is 5.75 Å². The van der Waals surface area contributed by atoms with Crippen molar-refractivity contribution in [3.8, 4) is 11.8 Å². The summed E-state index contributed by atoms with van der Waals surface area (Å²) in [5.74, 6) is 0.706. The average molecular weight is 231 g/mol. The van der Waals surface area contributed by atoms with E-state index >= 15 is 0 Å². The molecule has 0 radical (unpaired) electrons. The lowest BCUT2D eigenvalue weighted by Crippen LogP contribution is -2.18. The van der Waals surface area contributed by atoms with Crippen molar-refractivity contribution < 1.29 is 4.74 Å². The Kier molecular flexibility index (Phi) is 3.60. The number of aromatic nitrogens is 1. The second-order valence-corrected chi connectivity index (χ2v) is 4.44. The van der Waals surface area contributed by atoms with Crippen LogP contribution in [0.3, 0.4) is 0 Å². The number of nitriles is 1. The van der Waals surface area contributed by atoms with Gasteiger partial charge in [0.25, 0.3) is 0 Å². The maximum absolute atomic E-state index is 8.76. The molecule has 1 heterocycles. The second kappa shape index (κ2) is 5.15. The molecule has 1 aromatic heterocycles. The molecule has 1 saturated carbocycles. The maximum Gasteiger partial charge on any atom is 0.181 e. The molecular weight excluding hydrogens is 214 g/mol. The average Bonchev–Trinajstić information content (AvgIpc) is 3.13. The Morgan fingerprint density at radius 2 is 2.35 bits per heavy atom. The lowest BCUT2D eigenvalue weighted by Gasteiger charge is -2.13. The van der Waals surface area contributed by atoms with Gasteiger partial charge in [0.15, 0.2) is 6.10 Å². The van der Waals surface area contributed by atoms with Gasteiger partial charge in [0.05, 0.1) is 5.69 Å². The summed E-state index contributed by atoms with van der Waals surface area (Å²) in [5, 5.41) is 12.2. The predicted molar refractivity (Wildman–Crippen MR) is 64.5 cm³/mol. The Labute approximate surface area is 102 Å². The highest BCUT2D eigenvalue weighted by Crippen LogP contribution is 2.22. The van der Waals surface area contributed by atoms with Gasteiger partial charge < -0.3 is 10.1 Å². The van der Waals surface area contributed by atoms with Crippen molar-refractivity contribution in [2.24, 2.45) is 0 Å². The van der Waals surface area contributed by atoms with Crippen LogP contribution < -0.4 is 10.1 Å². The number of ether oxygens (including phenoxy) is 1. The third-order valence-electron chi connectivity index (χ3n) is 2.69. The molecular formula is C13H17N3O. The number of nitrogens with one attached hydrogen (secondary N) is 1. The third kappa shape index (κ3) is 3.43. The number of aryl methyl sites for hydroxylation is 1. The molecule has 1 N–H and O–H groups in total. The van der Waals surface area contributed by atoms with E-state index in [-0.39, 0.29) is 0 Å².